The van der Waals surface area contributed by atoms with Crippen LogP contribution in [-0.2, 0) is 12.8 Å². The van der Waals surface area contributed by atoms with Crippen molar-refractivity contribution >= 4 is 28.0 Å². The molecule has 0 amide bonds. The molecule has 0 aliphatic heterocycles. The van der Waals surface area contributed by atoms with Crippen LogP contribution in [0.15, 0.2) is 10.7 Å². The summed E-state index contributed by atoms with van der Waals surface area (Å²) in [5.41, 5.74) is 5.70. The Hall–Kier alpha value is -2.25. The Kier molecular flexibility index (Phi) is 4.97. The first kappa shape index (κ1) is 19.1. The largest absolute Gasteiger partial charge is 0.432 e. The van der Waals surface area contributed by atoms with E-state index in [1.807, 2.05) is 4.90 Å². The number of hydrogen-bond donors (Lipinski definition) is 2. The molecule has 7 nitrogen and oxygen atoms in total. The smallest absolute Gasteiger partial charge is 0.229 e. The average Bonchev–Trinajstić information content (AvgIpc) is 3.22. The van der Waals surface area contributed by atoms with Gasteiger partial charge in [0.05, 0.1) is 23.3 Å². The van der Waals surface area contributed by atoms with E-state index in [0.29, 0.717) is 36.1 Å². The van der Waals surface area contributed by atoms with Gasteiger partial charge in [-0.15, -0.1) is 0 Å². The second-order valence-electron chi connectivity index (χ2n) is 8.22. The second-order valence-corrected chi connectivity index (χ2v) is 8.22. The van der Waals surface area contributed by atoms with Crippen LogP contribution in [-0.4, -0.2) is 50.5 Å². The fraction of sp³-hybridized carbons (Fsp3) is 0.571. The van der Waals surface area contributed by atoms with Crippen LogP contribution in [0.4, 0.5) is 5.82 Å². The summed E-state index contributed by atoms with van der Waals surface area (Å²) in [7, 11) is 0. The van der Waals surface area contributed by atoms with Gasteiger partial charge in [-0.05, 0) is 50.2 Å². The lowest BCUT2D eigenvalue weighted by molar-refractivity contribution is 0.178. The molecule has 0 saturated heterocycles. The predicted octanol–water partition coefficient (Wildman–Crippen LogP) is 2.95. The first-order valence-corrected chi connectivity index (χ1v) is 10.1. The average molecular weight is 384 g/mol. The normalized spacial score (nSPS) is 16.1. The number of aryl methyl sites for hydroxylation is 1. The van der Waals surface area contributed by atoms with E-state index in [4.69, 9.17) is 9.40 Å². The molecular weight excluding hydrogens is 356 g/mol. The summed E-state index contributed by atoms with van der Waals surface area (Å²) in [4.78, 5) is 15.7. The third kappa shape index (κ3) is 3.22. The minimum atomic E-state index is -0.567. The van der Waals surface area contributed by atoms with Crippen molar-refractivity contribution in [1.29, 1.82) is 0 Å². The van der Waals surface area contributed by atoms with Crippen LogP contribution < -0.4 is 4.90 Å². The van der Waals surface area contributed by atoms with E-state index >= 15 is 0 Å². The molecule has 0 radical (unpaired) electrons. The van der Waals surface area contributed by atoms with Gasteiger partial charge in [-0.3, -0.25) is 0 Å². The molecule has 1 aliphatic carbocycles. The Morgan fingerprint density at radius 3 is 2.36 bits per heavy atom. The molecule has 28 heavy (non-hydrogen) atoms. The minimum Gasteiger partial charge on any atom is -0.432 e. The Bertz CT molecular complexity index is 1000. The van der Waals surface area contributed by atoms with Crippen molar-refractivity contribution in [2.45, 2.75) is 65.1 Å². The third-order valence-corrected chi connectivity index (χ3v) is 5.30. The van der Waals surface area contributed by atoms with Gasteiger partial charge in [0.1, 0.15) is 11.8 Å². The first-order valence-electron chi connectivity index (χ1n) is 10.1. The van der Waals surface area contributed by atoms with Gasteiger partial charge in [-0.1, -0.05) is 13.8 Å². The molecule has 3 aromatic heterocycles. The molecule has 1 aliphatic rings. The van der Waals surface area contributed by atoms with Crippen molar-refractivity contribution < 1.29 is 14.6 Å². The van der Waals surface area contributed by atoms with Crippen molar-refractivity contribution in [1.82, 2.24) is 15.0 Å². The number of anilines is 1. The number of aliphatic hydroxyl groups is 2. The summed E-state index contributed by atoms with van der Waals surface area (Å²) in [6.45, 7) is 8.44. The molecule has 0 saturated carbocycles. The summed E-state index contributed by atoms with van der Waals surface area (Å²) >= 11 is 0. The molecule has 0 fully saturated rings. The fourth-order valence-electron chi connectivity index (χ4n) is 4.30. The van der Waals surface area contributed by atoms with E-state index < -0.39 is 12.2 Å². The SMILES string of the molecule is CC(C)c1nc2oc3c(N(C[C@@H](C)O)C[C@@H](C)O)ncnc3c2c2c1CCC2. The molecular formula is C21H28N4O3. The third-order valence-electron chi connectivity index (χ3n) is 5.30. The van der Waals surface area contributed by atoms with Gasteiger partial charge in [0.25, 0.3) is 0 Å². The van der Waals surface area contributed by atoms with Crippen LogP contribution in [0.3, 0.4) is 0 Å². The van der Waals surface area contributed by atoms with Gasteiger partial charge in [-0.25, -0.2) is 15.0 Å². The number of fused-ring (bicyclic) bond motifs is 5. The van der Waals surface area contributed by atoms with Crippen LogP contribution in [0.2, 0.25) is 0 Å². The maximum Gasteiger partial charge on any atom is 0.229 e. The highest BCUT2D eigenvalue weighted by Gasteiger charge is 2.27. The highest BCUT2D eigenvalue weighted by atomic mass is 16.3. The summed E-state index contributed by atoms with van der Waals surface area (Å²) in [5, 5.41) is 20.8. The van der Waals surface area contributed by atoms with E-state index in [9.17, 15) is 10.2 Å². The van der Waals surface area contributed by atoms with Crippen LogP contribution in [0.25, 0.3) is 22.2 Å². The van der Waals surface area contributed by atoms with Gasteiger partial charge in [0, 0.05) is 13.1 Å². The molecule has 0 unspecified atom stereocenters. The zero-order valence-electron chi connectivity index (χ0n) is 16.9. The molecule has 2 atom stereocenters. The van der Waals surface area contributed by atoms with Gasteiger partial charge in [0.15, 0.2) is 11.4 Å². The molecule has 3 aromatic rings. The van der Waals surface area contributed by atoms with Crippen molar-refractivity contribution in [3.05, 3.63) is 23.1 Å². The minimum absolute atomic E-state index is 0.331. The molecule has 3 heterocycles. The summed E-state index contributed by atoms with van der Waals surface area (Å²) in [6, 6.07) is 0. The van der Waals surface area contributed by atoms with Crippen LogP contribution in [0.1, 0.15) is 56.9 Å². The molecule has 2 N–H and O–H groups in total. The number of rotatable bonds is 6. The van der Waals surface area contributed by atoms with Gasteiger partial charge >= 0.3 is 0 Å². The number of aromatic nitrogens is 3. The van der Waals surface area contributed by atoms with Crippen LogP contribution in [0, 0.1) is 0 Å². The number of pyridine rings is 1. The van der Waals surface area contributed by atoms with Crippen molar-refractivity contribution in [3.8, 4) is 0 Å². The van der Waals surface area contributed by atoms with Crippen LogP contribution in [0.5, 0.6) is 0 Å². The zero-order chi connectivity index (χ0) is 20.0. The lowest BCUT2D eigenvalue weighted by Crippen LogP contribution is -2.37. The molecule has 0 bridgehead atoms. The Balaban J connectivity index is 1.95. The van der Waals surface area contributed by atoms with E-state index in [2.05, 4.69) is 23.8 Å². The molecule has 150 valence electrons. The highest BCUT2D eigenvalue weighted by Crippen LogP contribution is 2.40. The Morgan fingerprint density at radius 2 is 1.71 bits per heavy atom. The maximum atomic E-state index is 9.92. The van der Waals surface area contributed by atoms with E-state index in [1.165, 1.54) is 17.5 Å². The lowest BCUT2D eigenvalue weighted by atomic mass is 9.99. The highest BCUT2D eigenvalue weighted by molar-refractivity contribution is 6.06. The quantitative estimate of drug-likeness (QED) is 0.674. The van der Waals surface area contributed by atoms with E-state index in [0.717, 1.165) is 35.9 Å². The van der Waals surface area contributed by atoms with Gasteiger partial charge in [-0.2, -0.15) is 0 Å². The Labute approximate surface area is 164 Å². The number of furan rings is 1. The number of hydrogen-bond acceptors (Lipinski definition) is 7. The van der Waals surface area contributed by atoms with Gasteiger partial charge < -0.3 is 19.5 Å². The lowest BCUT2D eigenvalue weighted by Gasteiger charge is -2.26. The van der Waals surface area contributed by atoms with Gasteiger partial charge in [0.2, 0.25) is 5.71 Å². The Morgan fingerprint density at radius 1 is 1.04 bits per heavy atom. The van der Waals surface area contributed by atoms with E-state index in [1.54, 1.807) is 13.8 Å². The molecule has 7 heteroatoms. The monoisotopic (exact) mass is 384 g/mol. The number of nitrogens with zero attached hydrogens (tertiary/aromatic N) is 4. The summed E-state index contributed by atoms with van der Waals surface area (Å²) < 4.78 is 6.20. The zero-order valence-corrected chi connectivity index (χ0v) is 16.9. The predicted molar refractivity (Wildman–Crippen MR) is 109 cm³/mol. The standard InChI is InChI=1S/C21H28N4O3/c1-11(2)17-15-7-5-6-14(15)16-18-19(28-21(16)24-17)20(23-10-22-18)25(8-12(3)26)9-13(4)27/h10-13,26-27H,5-9H2,1-4H3/t12-,13-/m1/s1. The van der Waals surface area contributed by atoms with Crippen molar-refractivity contribution in [2.24, 2.45) is 0 Å². The maximum absolute atomic E-state index is 9.92. The second kappa shape index (κ2) is 7.29. The van der Waals surface area contributed by atoms with Crippen molar-refractivity contribution in [3.63, 3.8) is 0 Å². The fourth-order valence-corrected chi connectivity index (χ4v) is 4.30. The first-order chi connectivity index (χ1) is 13.4. The molecule has 0 aromatic carbocycles. The molecule has 0 spiro atoms. The van der Waals surface area contributed by atoms with Crippen molar-refractivity contribution in [2.75, 3.05) is 18.0 Å². The molecule has 4 rings (SSSR count). The summed E-state index contributed by atoms with van der Waals surface area (Å²) in [5.74, 6) is 0.916. The number of aliphatic hydroxyl groups excluding tert-OH is 2. The van der Waals surface area contributed by atoms with Crippen LogP contribution >= 0.6 is 0 Å². The summed E-state index contributed by atoms with van der Waals surface area (Å²) in [6.07, 6.45) is 3.57. The topological polar surface area (TPSA) is 95.5 Å². The van der Waals surface area contributed by atoms with E-state index in [-0.39, 0.29) is 0 Å².